The number of nitrogens with zero attached hydrogens (tertiary/aromatic N) is 1. The van der Waals surface area contributed by atoms with E-state index in [9.17, 15) is 9.59 Å². The van der Waals surface area contributed by atoms with Gasteiger partial charge in [-0.05, 0) is 38.5 Å². The number of rotatable bonds is 3. The summed E-state index contributed by atoms with van der Waals surface area (Å²) in [5.41, 5.74) is 0.667. The van der Waals surface area contributed by atoms with Gasteiger partial charge in [-0.25, -0.2) is 0 Å². The molecule has 0 bridgehead atoms. The third-order valence-electron chi connectivity index (χ3n) is 3.55. The third kappa shape index (κ3) is 4.21. The molecule has 2 amide bonds. The fraction of sp³-hybridized carbons (Fsp3) is 0.500. The number of carbonyl (C=O) groups is 2. The van der Waals surface area contributed by atoms with Crippen LogP contribution in [0.25, 0.3) is 0 Å². The molecule has 5 heteroatoms. The molecule has 4 nitrogen and oxygen atoms in total. The van der Waals surface area contributed by atoms with E-state index < -0.39 is 0 Å². The molecule has 1 unspecified atom stereocenters. The SMILES string of the molecule is CC(C)(C)N1CC(NC(=O)Cc2cccc(Cl)c2)CC1=O. The van der Waals surface area contributed by atoms with Crippen LogP contribution in [-0.2, 0) is 16.0 Å². The molecule has 1 aliphatic rings. The lowest BCUT2D eigenvalue weighted by Crippen LogP contribution is -2.44. The molecule has 0 radical (unpaired) electrons. The summed E-state index contributed by atoms with van der Waals surface area (Å²) in [6, 6.07) is 7.14. The molecule has 1 saturated heterocycles. The van der Waals surface area contributed by atoms with Crippen molar-refractivity contribution in [2.45, 2.75) is 45.2 Å². The highest BCUT2D eigenvalue weighted by molar-refractivity contribution is 6.30. The van der Waals surface area contributed by atoms with E-state index in [-0.39, 0.29) is 29.8 Å². The first-order valence-corrected chi connectivity index (χ1v) is 7.48. The maximum Gasteiger partial charge on any atom is 0.225 e. The van der Waals surface area contributed by atoms with Gasteiger partial charge < -0.3 is 10.2 Å². The Morgan fingerprint density at radius 3 is 2.71 bits per heavy atom. The molecule has 1 fully saturated rings. The minimum absolute atomic E-state index is 0.0779. The Hall–Kier alpha value is -1.55. The van der Waals surface area contributed by atoms with Crippen molar-refractivity contribution in [3.8, 4) is 0 Å². The van der Waals surface area contributed by atoms with Crippen LogP contribution in [0.3, 0.4) is 0 Å². The van der Waals surface area contributed by atoms with Crippen molar-refractivity contribution in [2.75, 3.05) is 6.54 Å². The molecule has 114 valence electrons. The fourth-order valence-corrected chi connectivity index (χ4v) is 2.78. The molecule has 0 aromatic heterocycles. The van der Waals surface area contributed by atoms with Crippen molar-refractivity contribution < 1.29 is 9.59 Å². The van der Waals surface area contributed by atoms with Crippen LogP contribution in [0.2, 0.25) is 5.02 Å². The van der Waals surface area contributed by atoms with Gasteiger partial charge in [-0.2, -0.15) is 0 Å². The highest BCUT2D eigenvalue weighted by Gasteiger charge is 2.36. The van der Waals surface area contributed by atoms with Crippen molar-refractivity contribution in [1.29, 1.82) is 0 Å². The monoisotopic (exact) mass is 308 g/mol. The van der Waals surface area contributed by atoms with Gasteiger partial charge in [0, 0.05) is 23.5 Å². The topological polar surface area (TPSA) is 49.4 Å². The number of hydrogen-bond donors (Lipinski definition) is 1. The minimum atomic E-state index is -0.205. The summed E-state index contributed by atoms with van der Waals surface area (Å²) < 4.78 is 0. The average molecular weight is 309 g/mol. The van der Waals surface area contributed by atoms with Gasteiger partial charge >= 0.3 is 0 Å². The fourth-order valence-electron chi connectivity index (χ4n) is 2.56. The van der Waals surface area contributed by atoms with Gasteiger partial charge in [0.25, 0.3) is 0 Å². The van der Waals surface area contributed by atoms with Crippen LogP contribution in [0.5, 0.6) is 0 Å². The van der Waals surface area contributed by atoms with Gasteiger partial charge in [-0.3, -0.25) is 9.59 Å². The first-order chi connectivity index (χ1) is 9.75. The lowest BCUT2D eigenvalue weighted by atomic mass is 10.1. The molecule has 1 N–H and O–H groups in total. The second kappa shape index (κ2) is 6.06. The number of amides is 2. The van der Waals surface area contributed by atoms with Gasteiger partial charge in [-0.1, -0.05) is 23.7 Å². The van der Waals surface area contributed by atoms with E-state index in [2.05, 4.69) is 5.32 Å². The summed E-state index contributed by atoms with van der Waals surface area (Å²) in [5.74, 6) is 0.0152. The summed E-state index contributed by atoms with van der Waals surface area (Å²) in [6.45, 7) is 6.58. The molecular formula is C16H21ClN2O2. The molecule has 1 aromatic rings. The Morgan fingerprint density at radius 1 is 1.43 bits per heavy atom. The van der Waals surface area contributed by atoms with Crippen LogP contribution in [0.15, 0.2) is 24.3 Å². The van der Waals surface area contributed by atoms with E-state index in [1.54, 1.807) is 12.1 Å². The van der Waals surface area contributed by atoms with Crippen LogP contribution in [-0.4, -0.2) is 34.8 Å². The predicted molar refractivity (Wildman–Crippen MR) is 83.2 cm³/mol. The summed E-state index contributed by atoms with van der Waals surface area (Å²) in [4.78, 5) is 25.8. The van der Waals surface area contributed by atoms with Crippen LogP contribution in [0.1, 0.15) is 32.8 Å². The smallest absolute Gasteiger partial charge is 0.225 e. The Bertz CT molecular complexity index is 551. The molecular weight excluding hydrogens is 288 g/mol. The van der Waals surface area contributed by atoms with Crippen LogP contribution >= 0.6 is 11.6 Å². The maximum absolute atomic E-state index is 12.1. The average Bonchev–Trinajstić information content (AvgIpc) is 2.69. The van der Waals surface area contributed by atoms with Crippen molar-refractivity contribution in [2.24, 2.45) is 0 Å². The number of hydrogen-bond acceptors (Lipinski definition) is 2. The second-order valence-corrected chi connectivity index (χ2v) is 6.89. The largest absolute Gasteiger partial charge is 0.351 e. The molecule has 1 atom stereocenters. The highest BCUT2D eigenvalue weighted by atomic mass is 35.5. The van der Waals surface area contributed by atoms with Crippen LogP contribution < -0.4 is 5.32 Å². The molecule has 1 heterocycles. The van der Waals surface area contributed by atoms with E-state index in [4.69, 9.17) is 11.6 Å². The van der Waals surface area contributed by atoms with Gasteiger partial charge in [0.2, 0.25) is 11.8 Å². The van der Waals surface area contributed by atoms with Gasteiger partial charge in [0.1, 0.15) is 0 Å². The van der Waals surface area contributed by atoms with E-state index >= 15 is 0 Å². The van der Waals surface area contributed by atoms with E-state index in [0.717, 1.165) is 5.56 Å². The lowest BCUT2D eigenvalue weighted by molar-refractivity contribution is -0.131. The summed E-state index contributed by atoms with van der Waals surface area (Å²) in [5, 5.41) is 3.56. The highest BCUT2D eigenvalue weighted by Crippen LogP contribution is 2.22. The zero-order valence-electron chi connectivity index (χ0n) is 12.6. The quantitative estimate of drug-likeness (QED) is 0.932. The van der Waals surface area contributed by atoms with E-state index in [0.29, 0.717) is 18.0 Å². The number of carbonyl (C=O) groups excluding carboxylic acids is 2. The number of benzene rings is 1. The minimum Gasteiger partial charge on any atom is -0.351 e. The number of nitrogens with one attached hydrogen (secondary N) is 1. The Labute approximate surface area is 130 Å². The van der Waals surface area contributed by atoms with Crippen molar-refractivity contribution >= 4 is 23.4 Å². The maximum atomic E-state index is 12.1. The normalized spacial score (nSPS) is 19.0. The van der Waals surface area contributed by atoms with Crippen molar-refractivity contribution in [1.82, 2.24) is 10.2 Å². The second-order valence-electron chi connectivity index (χ2n) is 6.45. The molecule has 2 rings (SSSR count). The summed E-state index contributed by atoms with van der Waals surface area (Å²) >= 11 is 5.90. The Balaban J connectivity index is 1.91. The third-order valence-corrected chi connectivity index (χ3v) is 3.79. The molecule has 1 aliphatic heterocycles. The van der Waals surface area contributed by atoms with Crippen molar-refractivity contribution in [3.05, 3.63) is 34.9 Å². The molecule has 1 aromatic carbocycles. The van der Waals surface area contributed by atoms with Gasteiger partial charge in [0.05, 0.1) is 12.5 Å². The molecule has 21 heavy (non-hydrogen) atoms. The Morgan fingerprint density at radius 2 is 2.14 bits per heavy atom. The van der Waals surface area contributed by atoms with Crippen molar-refractivity contribution in [3.63, 3.8) is 0 Å². The zero-order chi connectivity index (χ0) is 15.6. The Kier molecular flexibility index (Phi) is 4.57. The zero-order valence-corrected chi connectivity index (χ0v) is 13.4. The van der Waals surface area contributed by atoms with Gasteiger partial charge in [-0.15, -0.1) is 0 Å². The van der Waals surface area contributed by atoms with E-state index in [1.165, 1.54) is 0 Å². The standard InChI is InChI=1S/C16H21ClN2O2/c1-16(2,3)19-10-13(9-15(19)21)18-14(20)8-11-5-4-6-12(17)7-11/h4-7,13H,8-10H2,1-3H3,(H,18,20). The number of halogens is 1. The molecule has 0 aliphatic carbocycles. The van der Waals surface area contributed by atoms with Crippen LogP contribution in [0.4, 0.5) is 0 Å². The predicted octanol–water partition coefficient (Wildman–Crippen LogP) is 2.40. The summed E-state index contributed by atoms with van der Waals surface area (Å²) in [6.07, 6.45) is 0.652. The first-order valence-electron chi connectivity index (χ1n) is 7.10. The molecule has 0 saturated carbocycles. The lowest BCUT2D eigenvalue weighted by Gasteiger charge is -2.32. The molecule has 0 spiro atoms. The summed E-state index contributed by atoms with van der Waals surface area (Å²) in [7, 11) is 0. The van der Waals surface area contributed by atoms with Gasteiger partial charge in [0.15, 0.2) is 0 Å². The van der Waals surface area contributed by atoms with Crippen LogP contribution in [0, 0.1) is 0 Å². The first kappa shape index (κ1) is 15.8. The van der Waals surface area contributed by atoms with E-state index in [1.807, 2.05) is 37.8 Å². The number of likely N-dealkylation sites (tertiary alicyclic amines) is 1.